The molecule has 246 valence electrons. The average molecular weight is 668 g/mol. The van der Waals surface area contributed by atoms with Crippen molar-refractivity contribution in [3.8, 4) is 5.75 Å². The van der Waals surface area contributed by atoms with Crippen LogP contribution in [0.2, 0.25) is 5.02 Å². The monoisotopic (exact) mass is 667 g/mol. The van der Waals surface area contributed by atoms with Crippen LogP contribution in [0, 0.1) is 11.8 Å². The summed E-state index contributed by atoms with van der Waals surface area (Å²) >= 11 is 6.43. The Morgan fingerprint density at radius 1 is 1.24 bits per heavy atom. The van der Waals surface area contributed by atoms with E-state index in [0.717, 1.165) is 55.4 Å². The second kappa shape index (κ2) is 12.8. The zero-order chi connectivity index (χ0) is 32.7. The Morgan fingerprint density at radius 2 is 2.07 bits per heavy atom. The van der Waals surface area contributed by atoms with Crippen LogP contribution in [0.1, 0.15) is 50.7 Å². The van der Waals surface area contributed by atoms with Crippen molar-refractivity contribution in [3.05, 3.63) is 77.4 Å². The van der Waals surface area contributed by atoms with Crippen molar-refractivity contribution >= 4 is 39.0 Å². The SMILES string of the molecule is C=CC(=O)NS1(=O)=NC(=O)C(C)(C)OC/C=C/[C@@H](OC)[C@@H]2CC[C@H]2CN2C[C@@]3(CCCc4cc(Cl)ccc43)COc3ccc1cc32. The molecular weight excluding hydrogens is 626 g/mol. The molecule has 0 radical (unpaired) electrons. The minimum absolute atomic E-state index is 0.104. The molecule has 0 aromatic heterocycles. The highest BCUT2D eigenvalue weighted by molar-refractivity contribution is 7.92. The van der Waals surface area contributed by atoms with Gasteiger partial charge < -0.3 is 19.1 Å². The molecule has 2 aromatic carbocycles. The van der Waals surface area contributed by atoms with E-state index in [-0.39, 0.29) is 23.0 Å². The first-order chi connectivity index (χ1) is 22.0. The number of carbonyl (C=O) groups excluding carboxylic acids is 2. The van der Waals surface area contributed by atoms with E-state index in [1.807, 2.05) is 18.2 Å². The third-order valence-electron chi connectivity index (χ3n) is 9.97. The Kier molecular flexibility index (Phi) is 9.10. The lowest BCUT2D eigenvalue weighted by Crippen LogP contribution is -2.49. The van der Waals surface area contributed by atoms with Gasteiger partial charge in [-0.1, -0.05) is 36.4 Å². The number of hydrogen-bond acceptors (Lipinski definition) is 7. The number of halogens is 1. The molecule has 0 saturated heterocycles. The lowest BCUT2D eigenvalue weighted by atomic mass is 9.68. The van der Waals surface area contributed by atoms with Crippen LogP contribution in [-0.4, -0.2) is 61.1 Å². The first-order valence-corrected chi connectivity index (χ1v) is 17.8. The van der Waals surface area contributed by atoms with Crippen LogP contribution < -0.4 is 14.4 Å². The molecule has 11 heteroatoms. The Bertz CT molecular complexity index is 1700. The summed E-state index contributed by atoms with van der Waals surface area (Å²) < 4.78 is 39.6. The van der Waals surface area contributed by atoms with Crippen LogP contribution in [0.3, 0.4) is 0 Å². The van der Waals surface area contributed by atoms with Gasteiger partial charge in [0.2, 0.25) is 0 Å². The maximum absolute atomic E-state index is 14.6. The van der Waals surface area contributed by atoms with E-state index in [9.17, 15) is 13.8 Å². The van der Waals surface area contributed by atoms with Crippen LogP contribution in [0.5, 0.6) is 5.75 Å². The second-order valence-electron chi connectivity index (χ2n) is 13.3. The van der Waals surface area contributed by atoms with Crippen LogP contribution in [0.4, 0.5) is 5.69 Å². The number of benzene rings is 2. The molecule has 1 N–H and O–H groups in total. The zero-order valence-corrected chi connectivity index (χ0v) is 28.2. The minimum atomic E-state index is -3.78. The topological polar surface area (TPSA) is 107 Å². The minimum Gasteiger partial charge on any atom is -0.490 e. The predicted molar refractivity (Wildman–Crippen MR) is 179 cm³/mol. The smallest absolute Gasteiger partial charge is 0.287 e. The molecule has 2 amide bonds. The van der Waals surface area contributed by atoms with E-state index in [2.05, 4.69) is 32.7 Å². The number of ether oxygens (including phenoxy) is 3. The van der Waals surface area contributed by atoms with E-state index in [0.29, 0.717) is 30.7 Å². The molecule has 4 aliphatic rings. The number of nitrogens with one attached hydrogen (secondary N) is 1. The van der Waals surface area contributed by atoms with Gasteiger partial charge in [-0.05, 0) is 105 Å². The van der Waals surface area contributed by atoms with Gasteiger partial charge in [-0.25, -0.2) is 4.21 Å². The molecule has 1 saturated carbocycles. The molecule has 2 aromatic rings. The zero-order valence-electron chi connectivity index (χ0n) is 26.6. The van der Waals surface area contributed by atoms with Gasteiger partial charge in [-0.2, -0.15) is 0 Å². The van der Waals surface area contributed by atoms with E-state index in [1.54, 1.807) is 39.2 Å². The normalized spacial score (nSPS) is 31.2. The number of anilines is 1. The second-order valence-corrected chi connectivity index (χ2v) is 15.6. The fraction of sp³-hybridized carbons (Fsp3) is 0.486. The van der Waals surface area contributed by atoms with Gasteiger partial charge in [0.1, 0.15) is 11.4 Å². The van der Waals surface area contributed by atoms with E-state index in [1.165, 1.54) is 11.1 Å². The molecule has 1 fully saturated rings. The lowest BCUT2D eigenvalue weighted by Gasteiger charge is -2.46. The Balaban J connectivity index is 1.51. The molecular formula is C35H42ClN3O6S. The summed E-state index contributed by atoms with van der Waals surface area (Å²) in [4.78, 5) is 28.6. The Morgan fingerprint density at radius 3 is 2.80 bits per heavy atom. The van der Waals surface area contributed by atoms with Crippen molar-refractivity contribution in [3.63, 3.8) is 0 Å². The Hall–Kier alpha value is -3.18. The third-order valence-corrected chi connectivity index (χ3v) is 12.0. The van der Waals surface area contributed by atoms with Gasteiger partial charge >= 0.3 is 0 Å². The van der Waals surface area contributed by atoms with E-state index < -0.39 is 27.3 Å². The number of amides is 2. The van der Waals surface area contributed by atoms with E-state index >= 15 is 0 Å². The summed E-state index contributed by atoms with van der Waals surface area (Å²) in [5, 5.41) is 0.725. The maximum atomic E-state index is 14.6. The highest BCUT2D eigenvalue weighted by Gasteiger charge is 2.44. The summed E-state index contributed by atoms with van der Waals surface area (Å²) in [5.74, 6) is -0.201. The van der Waals surface area contributed by atoms with Crippen molar-refractivity contribution in [2.75, 3.05) is 38.3 Å². The van der Waals surface area contributed by atoms with Gasteiger partial charge in [-0.15, -0.1) is 4.36 Å². The third kappa shape index (κ3) is 6.24. The number of methoxy groups -OCH3 is 1. The van der Waals surface area contributed by atoms with Gasteiger partial charge in [0.25, 0.3) is 11.8 Å². The summed E-state index contributed by atoms with van der Waals surface area (Å²) in [6.07, 6.45) is 9.77. The number of carbonyl (C=O) groups is 2. The molecule has 2 heterocycles. The first-order valence-electron chi connectivity index (χ1n) is 15.9. The van der Waals surface area contributed by atoms with Crippen molar-refractivity contribution < 1.29 is 28.0 Å². The molecule has 2 aliphatic carbocycles. The summed E-state index contributed by atoms with van der Waals surface area (Å²) in [5.41, 5.74) is 1.53. The molecule has 9 nitrogen and oxygen atoms in total. The summed E-state index contributed by atoms with van der Waals surface area (Å²) in [7, 11) is -2.06. The molecule has 1 unspecified atom stereocenters. The van der Waals surface area contributed by atoms with Crippen molar-refractivity contribution in [1.29, 1.82) is 0 Å². The number of rotatable bonds is 3. The number of aryl methyl sites for hydroxylation is 1. The van der Waals surface area contributed by atoms with Crippen molar-refractivity contribution in [1.82, 2.24) is 4.72 Å². The highest BCUT2D eigenvalue weighted by atomic mass is 35.5. The lowest BCUT2D eigenvalue weighted by molar-refractivity contribution is -0.137. The van der Waals surface area contributed by atoms with Gasteiger partial charge in [0, 0.05) is 30.6 Å². The van der Waals surface area contributed by atoms with E-state index in [4.69, 9.17) is 25.8 Å². The van der Waals surface area contributed by atoms with Gasteiger partial charge in [0.05, 0.1) is 29.9 Å². The molecule has 46 heavy (non-hydrogen) atoms. The molecule has 2 bridgehead atoms. The van der Waals surface area contributed by atoms with Gasteiger partial charge in [0.15, 0.2) is 9.92 Å². The number of fused-ring (bicyclic) bond motifs is 4. The fourth-order valence-corrected chi connectivity index (χ4v) is 9.04. The largest absolute Gasteiger partial charge is 0.490 e. The summed E-state index contributed by atoms with van der Waals surface area (Å²) in [6, 6.07) is 11.3. The van der Waals surface area contributed by atoms with Crippen LogP contribution >= 0.6 is 11.6 Å². The molecule has 6 rings (SSSR count). The van der Waals surface area contributed by atoms with Crippen molar-refractivity contribution in [2.24, 2.45) is 16.2 Å². The maximum Gasteiger partial charge on any atom is 0.287 e. The van der Waals surface area contributed by atoms with Gasteiger partial charge in [-0.3, -0.25) is 14.3 Å². The standard InChI is InChI=1S/C35H42ClN3O6S/c1-5-32(40)37-46(42)26-12-15-31-29(19-26)39(21-35(22-44-31)16-6-8-23-18-25(36)11-14-28(23)35)20-24-10-13-27(24)30(43-4)9-7-17-45-34(2,3)33(41)38-46/h5,7,9,11-12,14-15,18-19,24,27,30H,1,6,8,10,13,16-17,20-22H2,2-4H3,(H,37,38,40,41,42)/b9-7+/t24-,27+,30+,35-,46?/m0/s1. The molecule has 2 aliphatic heterocycles. The fourth-order valence-electron chi connectivity index (χ4n) is 7.25. The van der Waals surface area contributed by atoms with Crippen molar-refractivity contribution in [2.45, 2.75) is 68.0 Å². The Labute approximate surface area is 276 Å². The number of nitrogens with zero attached hydrogens (tertiary/aromatic N) is 2. The highest BCUT2D eigenvalue weighted by Crippen LogP contribution is 2.47. The quantitative estimate of drug-likeness (QED) is 0.326. The molecule has 1 spiro atoms. The molecule has 5 atom stereocenters. The number of hydrogen-bond donors (Lipinski definition) is 1. The first kappa shape index (κ1) is 32.7. The van der Waals surface area contributed by atoms with Crippen LogP contribution in [0.25, 0.3) is 0 Å². The van der Waals surface area contributed by atoms with Crippen LogP contribution in [0.15, 0.2) is 70.5 Å². The predicted octanol–water partition coefficient (Wildman–Crippen LogP) is 5.79. The summed E-state index contributed by atoms with van der Waals surface area (Å²) in [6.45, 7) is 8.66. The van der Waals surface area contributed by atoms with Crippen LogP contribution in [-0.2, 0) is 40.8 Å². The average Bonchev–Trinajstić information content (AvgIpc) is 3.16.